The van der Waals surface area contributed by atoms with Gasteiger partial charge in [-0.15, -0.1) is 0 Å². The molecule has 0 aliphatic heterocycles. The van der Waals surface area contributed by atoms with E-state index in [0.717, 1.165) is 0 Å². The fourth-order valence-electron chi connectivity index (χ4n) is 2.56. The highest BCUT2D eigenvalue weighted by Crippen LogP contribution is 2.60. The molecule has 1 aliphatic rings. The number of carbonyl (C=O) groups excluding carboxylic acids is 1. The Morgan fingerprint density at radius 2 is 1.95 bits per heavy atom. The van der Waals surface area contributed by atoms with Crippen molar-refractivity contribution in [2.24, 2.45) is 17.8 Å². The van der Waals surface area contributed by atoms with Crippen LogP contribution in [0.25, 0.3) is 0 Å². The van der Waals surface area contributed by atoms with E-state index >= 15 is 0 Å². The number of hydrogen-bond donors (Lipinski definition) is 1. The van der Waals surface area contributed by atoms with Crippen LogP contribution >= 0.6 is 0 Å². The molecule has 1 aromatic carbocycles. The fourth-order valence-corrected chi connectivity index (χ4v) is 2.56. The van der Waals surface area contributed by atoms with Gasteiger partial charge in [-0.1, -0.05) is 30.3 Å². The molecule has 110 valence electrons. The van der Waals surface area contributed by atoms with Crippen molar-refractivity contribution in [3.05, 3.63) is 35.9 Å². The molecule has 0 spiro atoms. The second kappa shape index (κ2) is 5.44. The summed E-state index contributed by atoms with van der Waals surface area (Å²) in [5, 5.41) is 10.1. The van der Waals surface area contributed by atoms with E-state index in [-0.39, 0.29) is 6.61 Å². The normalized spacial score (nSPS) is 26.9. The molecule has 0 saturated heterocycles. The predicted molar refractivity (Wildman–Crippen MR) is 64.6 cm³/mol. The Morgan fingerprint density at radius 1 is 1.35 bits per heavy atom. The summed E-state index contributed by atoms with van der Waals surface area (Å²) < 4.78 is 43.4. The van der Waals surface area contributed by atoms with Crippen molar-refractivity contribution in [1.82, 2.24) is 0 Å². The molecule has 3 nitrogen and oxygen atoms in total. The van der Waals surface area contributed by atoms with E-state index in [1.54, 1.807) is 30.3 Å². The largest absolute Gasteiger partial charge is 0.466 e. The number of aliphatic hydroxyl groups is 1. The van der Waals surface area contributed by atoms with Gasteiger partial charge in [-0.05, 0) is 12.5 Å². The smallest absolute Gasteiger partial charge is 0.393 e. The Hall–Kier alpha value is -1.56. The minimum Gasteiger partial charge on any atom is -0.466 e. The summed E-state index contributed by atoms with van der Waals surface area (Å²) >= 11 is 0. The summed E-state index contributed by atoms with van der Waals surface area (Å²) in [5.74, 6) is -5.21. The van der Waals surface area contributed by atoms with Gasteiger partial charge in [0.2, 0.25) is 0 Å². The molecule has 0 radical (unpaired) electrons. The summed E-state index contributed by atoms with van der Waals surface area (Å²) in [6.07, 6.45) is -5.84. The minimum absolute atomic E-state index is 0.0219. The van der Waals surface area contributed by atoms with E-state index in [9.17, 15) is 23.1 Å². The van der Waals surface area contributed by atoms with E-state index in [1.807, 2.05) is 0 Å². The number of carbonyl (C=O) groups is 1. The van der Waals surface area contributed by atoms with Gasteiger partial charge < -0.3 is 9.84 Å². The minimum atomic E-state index is -4.52. The molecule has 0 heterocycles. The Labute approximate surface area is 114 Å². The highest BCUT2D eigenvalue weighted by molar-refractivity contribution is 5.77. The van der Waals surface area contributed by atoms with Crippen LogP contribution in [-0.2, 0) is 9.53 Å². The molecule has 0 unspecified atom stereocenters. The lowest BCUT2D eigenvalue weighted by molar-refractivity contribution is -0.164. The summed E-state index contributed by atoms with van der Waals surface area (Å²) in [4.78, 5) is 11.6. The Balaban J connectivity index is 2.19. The second-order valence-corrected chi connectivity index (χ2v) is 4.78. The van der Waals surface area contributed by atoms with Crippen molar-refractivity contribution in [2.75, 3.05) is 6.61 Å². The zero-order valence-electron chi connectivity index (χ0n) is 10.8. The monoisotopic (exact) mass is 288 g/mol. The van der Waals surface area contributed by atoms with Crippen LogP contribution in [0, 0.1) is 17.8 Å². The highest BCUT2D eigenvalue weighted by Gasteiger charge is 2.70. The fraction of sp³-hybridized carbons (Fsp3) is 0.500. The highest BCUT2D eigenvalue weighted by atomic mass is 19.4. The van der Waals surface area contributed by atoms with E-state index in [0.29, 0.717) is 5.56 Å². The molecule has 1 aromatic rings. The average molecular weight is 288 g/mol. The molecule has 1 saturated carbocycles. The number of benzene rings is 1. The standard InChI is InChI=1S/C14H15F3O3/c1-2-20-13(19)10-9(11(10)14(15,16)17)12(18)8-6-4-3-5-7-8/h3-7,9-12,18H,2H2,1H3/t9-,10+,11+,12-/m0/s1. The lowest BCUT2D eigenvalue weighted by Crippen LogP contribution is -2.17. The van der Waals surface area contributed by atoms with Crippen LogP contribution in [0.2, 0.25) is 0 Å². The van der Waals surface area contributed by atoms with Crippen molar-refractivity contribution >= 4 is 5.97 Å². The van der Waals surface area contributed by atoms with E-state index < -0.39 is 36.0 Å². The van der Waals surface area contributed by atoms with Crippen LogP contribution in [0.5, 0.6) is 0 Å². The van der Waals surface area contributed by atoms with Crippen LogP contribution in [0.3, 0.4) is 0 Å². The number of esters is 1. The summed E-state index contributed by atoms with van der Waals surface area (Å²) in [5.41, 5.74) is 0.374. The lowest BCUT2D eigenvalue weighted by Gasteiger charge is -2.11. The van der Waals surface area contributed by atoms with Crippen LogP contribution in [0.15, 0.2) is 30.3 Å². The Bertz CT molecular complexity index is 472. The van der Waals surface area contributed by atoms with Crippen molar-refractivity contribution in [2.45, 2.75) is 19.2 Å². The van der Waals surface area contributed by atoms with Gasteiger partial charge in [0.25, 0.3) is 0 Å². The third-order valence-electron chi connectivity index (χ3n) is 3.52. The maximum Gasteiger partial charge on any atom is 0.393 e. The van der Waals surface area contributed by atoms with E-state index in [4.69, 9.17) is 0 Å². The van der Waals surface area contributed by atoms with Crippen LogP contribution in [0.4, 0.5) is 13.2 Å². The first-order valence-electron chi connectivity index (χ1n) is 6.34. The SMILES string of the molecule is CCOC(=O)[C@@H]1[C@H]([C@@H](O)c2ccccc2)[C@H]1C(F)(F)F. The first-order chi connectivity index (χ1) is 9.38. The van der Waals surface area contributed by atoms with E-state index in [1.165, 1.54) is 6.92 Å². The number of rotatable bonds is 4. The zero-order chi connectivity index (χ0) is 14.9. The van der Waals surface area contributed by atoms with Gasteiger partial charge in [-0.25, -0.2) is 0 Å². The van der Waals surface area contributed by atoms with Crippen LogP contribution in [0.1, 0.15) is 18.6 Å². The van der Waals surface area contributed by atoms with Crippen molar-refractivity contribution < 1.29 is 27.8 Å². The number of halogens is 3. The van der Waals surface area contributed by atoms with E-state index in [2.05, 4.69) is 4.74 Å². The predicted octanol–water partition coefficient (Wildman–Crippen LogP) is 2.71. The second-order valence-electron chi connectivity index (χ2n) is 4.78. The van der Waals surface area contributed by atoms with Gasteiger partial charge in [0, 0.05) is 5.92 Å². The third-order valence-corrected chi connectivity index (χ3v) is 3.52. The van der Waals surface area contributed by atoms with Gasteiger partial charge in [0.15, 0.2) is 0 Å². The van der Waals surface area contributed by atoms with Gasteiger partial charge in [0.05, 0.1) is 24.5 Å². The summed E-state index contributed by atoms with van der Waals surface area (Å²) in [6.45, 7) is 1.56. The molecular formula is C14H15F3O3. The molecular weight excluding hydrogens is 273 g/mol. The number of alkyl halides is 3. The number of hydrogen-bond acceptors (Lipinski definition) is 3. The van der Waals surface area contributed by atoms with Gasteiger partial charge in [0.1, 0.15) is 0 Å². The van der Waals surface area contributed by atoms with Crippen molar-refractivity contribution in [3.8, 4) is 0 Å². The van der Waals surface area contributed by atoms with Crippen molar-refractivity contribution in [3.63, 3.8) is 0 Å². The Kier molecular flexibility index (Phi) is 4.04. The molecule has 20 heavy (non-hydrogen) atoms. The molecule has 4 atom stereocenters. The Morgan fingerprint density at radius 3 is 2.45 bits per heavy atom. The molecule has 0 amide bonds. The lowest BCUT2D eigenvalue weighted by atomic mass is 10.0. The summed E-state index contributed by atoms with van der Waals surface area (Å²) in [6, 6.07) is 8.04. The maximum absolute atomic E-state index is 12.9. The molecule has 6 heteroatoms. The molecule has 0 bridgehead atoms. The van der Waals surface area contributed by atoms with Crippen molar-refractivity contribution in [1.29, 1.82) is 0 Å². The molecule has 1 N–H and O–H groups in total. The zero-order valence-corrected chi connectivity index (χ0v) is 10.8. The number of aliphatic hydroxyl groups excluding tert-OH is 1. The summed E-state index contributed by atoms with van der Waals surface area (Å²) in [7, 11) is 0. The topological polar surface area (TPSA) is 46.5 Å². The quantitative estimate of drug-likeness (QED) is 0.867. The molecule has 1 fully saturated rings. The average Bonchev–Trinajstić information content (AvgIpc) is 3.14. The van der Waals surface area contributed by atoms with Gasteiger partial charge >= 0.3 is 12.1 Å². The number of ether oxygens (including phenoxy) is 1. The third kappa shape index (κ3) is 2.80. The maximum atomic E-state index is 12.9. The first kappa shape index (κ1) is 14.8. The molecule has 1 aliphatic carbocycles. The van der Waals surface area contributed by atoms with Gasteiger partial charge in [-0.2, -0.15) is 13.2 Å². The van der Waals surface area contributed by atoms with Crippen LogP contribution < -0.4 is 0 Å². The van der Waals surface area contributed by atoms with Gasteiger partial charge in [-0.3, -0.25) is 4.79 Å². The van der Waals surface area contributed by atoms with Crippen LogP contribution in [-0.4, -0.2) is 23.9 Å². The molecule has 0 aromatic heterocycles. The first-order valence-corrected chi connectivity index (χ1v) is 6.34. The molecule has 2 rings (SSSR count).